The largest absolute Gasteiger partial charge is 0.490 e. The van der Waals surface area contributed by atoms with Gasteiger partial charge in [-0.3, -0.25) is 9.97 Å². The SMILES string of the molecule is CCOC(=O)c1cc(N(c2cccnc2)c2cccnc2)ccc1OCCOCCOCCOC. The lowest BCUT2D eigenvalue weighted by Crippen LogP contribution is -2.15. The minimum Gasteiger partial charge on any atom is -0.490 e. The monoisotopic (exact) mass is 481 g/mol. The van der Waals surface area contributed by atoms with Crippen molar-refractivity contribution >= 4 is 23.0 Å². The van der Waals surface area contributed by atoms with E-state index in [0.717, 1.165) is 17.1 Å². The number of anilines is 3. The number of benzene rings is 1. The summed E-state index contributed by atoms with van der Waals surface area (Å²) in [4.78, 5) is 23.2. The Labute approximate surface area is 205 Å². The van der Waals surface area contributed by atoms with Crippen LogP contribution in [0, 0.1) is 0 Å². The topological polar surface area (TPSA) is 92.2 Å². The molecule has 0 saturated heterocycles. The van der Waals surface area contributed by atoms with Crippen LogP contribution in [0.3, 0.4) is 0 Å². The number of methoxy groups -OCH3 is 1. The first-order chi connectivity index (χ1) is 17.2. The summed E-state index contributed by atoms with van der Waals surface area (Å²) in [7, 11) is 1.63. The van der Waals surface area contributed by atoms with Crippen LogP contribution in [-0.2, 0) is 18.9 Å². The highest BCUT2D eigenvalue weighted by atomic mass is 16.6. The van der Waals surface area contributed by atoms with Gasteiger partial charge in [-0.05, 0) is 49.4 Å². The molecule has 2 heterocycles. The van der Waals surface area contributed by atoms with Crippen molar-refractivity contribution in [3.63, 3.8) is 0 Å². The Morgan fingerprint density at radius 3 is 2.03 bits per heavy atom. The highest BCUT2D eigenvalue weighted by molar-refractivity contribution is 5.94. The zero-order chi connectivity index (χ0) is 24.7. The van der Waals surface area contributed by atoms with Gasteiger partial charge in [-0.2, -0.15) is 0 Å². The average molecular weight is 482 g/mol. The van der Waals surface area contributed by atoms with Gasteiger partial charge in [-0.15, -0.1) is 0 Å². The summed E-state index contributed by atoms with van der Waals surface area (Å²) >= 11 is 0. The molecule has 0 spiro atoms. The van der Waals surface area contributed by atoms with Gasteiger partial charge in [0.05, 0.1) is 63.4 Å². The van der Waals surface area contributed by atoms with E-state index in [1.165, 1.54) is 0 Å². The second-order valence-corrected chi connectivity index (χ2v) is 7.22. The standard InChI is InChI=1S/C26H31N3O6/c1-3-34-26(30)24-18-21(8-9-25(24)35-17-16-33-15-14-32-13-12-31-2)29(22-6-4-10-27-19-22)23-7-5-11-28-20-23/h4-11,18-20H,3,12-17H2,1-2H3. The molecule has 9 nitrogen and oxygen atoms in total. The lowest BCUT2D eigenvalue weighted by molar-refractivity contribution is 0.0178. The molecule has 0 amide bonds. The van der Waals surface area contributed by atoms with Crippen molar-refractivity contribution in [1.29, 1.82) is 0 Å². The van der Waals surface area contributed by atoms with Crippen LogP contribution in [0.1, 0.15) is 17.3 Å². The fourth-order valence-electron chi connectivity index (χ4n) is 3.25. The second-order valence-electron chi connectivity index (χ2n) is 7.22. The third-order valence-corrected chi connectivity index (χ3v) is 4.81. The van der Waals surface area contributed by atoms with Gasteiger partial charge in [-0.1, -0.05) is 0 Å². The summed E-state index contributed by atoms with van der Waals surface area (Å²) in [5.41, 5.74) is 2.71. The molecule has 3 aromatic rings. The quantitative estimate of drug-likeness (QED) is 0.234. The molecule has 0 atom stereocenters. The molecule has 2 aromatic heterocycles. The number of pyridine rings is 2. The van der Waals surface area contributed by atoms with E-state index in [1.54, 1.807) is 51.0 Å². The molecule has 9 heteroatoms. The van der Waals surface area contributed by atoms with Crippen molar-refractivity contribution in [2.45, 2.75) is 6.92 Å². The summed E-state index contributed by atoms with van der Waals surface area (Å²) in [6, 6.07) is 13.0. The number of nitrogens with zero attached hydrogens (tertiary/aromatic N) is 3. The molecule has 0 aliphatic heterocycles. The maximum Gasteiger partial charge on any atom is 0.341 e. The highest BCUT2D eigenvalue weighted by Gasteiger charge is 2.19. The molecule has 1 aromatic carbocycles. The van der Waals surface area contributed by atoms with Gasteiger partial charge in [0, 0.05) is 25.2 Å². The smallest absolute Gasteiger partial charge is 0.341 e. The average Bonchev–Trinajstić information content (AvgIpc) is 2.90. The zero-order valence-electron chi connectivity index (χ0n) is 20.1. The molecule has 0 radical (unpaired) electrons. The van der Waals surface area contributed by atoms with E-state index in [9.17, 15) is 4.79 Å². The molecule has 0 saturated carbocycles. The van der Waals surface area contributed by atoms with Crippen LogP contribution in [0.4, 0.5) is 17.1 Å². The van der Waals surface area contributed by atoms with Crippen molar-refractivity contribution in [2.24, 2.45) is 0 Å². The van der Waals surface area contributed by atoms with Crippen LogP contribution in [0.15, 0.2) is 67.3 Å². The first-order valence-corrected chi connectivity index (χ1v) is 11.4. The van der Waals surface area contributed by atoms with Crippen molar-refractivity contribution in [3.8, 4) is 5.75 Å². The van der Waals surface area contributed by atoms with Crippen molar-refractivity contribution in [3.05, 3.63) is 72.8 Å². The predicted molar refractivity (Wildman–Crippen MR) is 132 cm³/mol. The van der Waals surface area contributed by atoms with Crippen molar-refractivity contribution < 1.29 is 28.5 Å². The van der Waals surface area contributed by atoms with Crippen LogP contribution in [0.25, 0.3) is 0 Å². The minimum absolute atomic E-state index is 0.254. The van der Waals surface area contributed by atoms with E-state index >= 15 is 0 Å². The zero-order valence-corrected chi connectivity index (χ0v) is 20.1. The van der Waals surface area contributed by atoms with Crippen LogP contribution in [-0.4, -0.2) is 69.3 Å². The molecule has 0 aliphatic rings. The molecule has 0 bridgehead atoms. The van der Waals surface area contributed by atoms with E-state index in [2.05, 4.69) is 9.97 Å². The summed E-state index contributed by atoms with van der Waals surface area (Å²) in [5.74, 6) is -0.0430. The number of rotatable bonds is 15. The number of carbonyl (C=O) groups is 1. The fourth-order valence-corrected chi connectivity index (χ4v) is 3.25. The van der Waals surface area contributed by atoms with Crippen LogP contribution < -0.4 is 9.64 Å². The summed E-state index contributed by atoms with van der Waals surface area (Å²) in [6.45, 7) is 4.65. The Morgan fingerprint density at radius 2 is 1.46 bits per heavy atom. The van der Waals surface area contributed by atoms with E-state index in [1.807, 2.05) is 35.2 Å². The summed E-state index contributed by atoms with van der Waals surface area (Å²) in [6.07, 6.45) is 6.91. The first kappa shape index (κ1) is 26.1. The third kappa shape index (κ3) is 8.03. The number of aromatic nitrogens is 2. The van der Waals surface area contributed by atoms with Crippen molar-refractivity contribution in [2.75, 3.05) is 58.3 Å². The van der Waals surface area contributed by atoms with E-state index in [-0.39, 0.29) is 13.2 Å². The lowest BCUT2D eigenvalue weighted by Gasteiger charge is -2.25. The maximum absolute atomic E-state index is 12.8. The Balaban J connectivity index is 1.75. The fraction of sp³-hybridized carbons (Fsp3) is 0.346. The van der Waals surface area contributed by atoms with Gasteiger partial charge in [-0.25, -0.2) is 4.79 Å². The predicted octanol–water partition coefficient (Wildman–Crippen LogP) is 4.18. The van der Waals surface area contributed by atoms with Crippen LogP contribution in [0.2, 0.25) is 0 Å². The number of hydrogen-bond acceptors (Lipinski definition) is 9. The van der Waals surface area contributed by atoms with Crippen molar-refractivity contribution in [1.82, 2.24) is 9.97 Å². The molecule has 0 unspecified atom stereocenters. The molecule has 0 fully saturated rings. The van der Waals surface area contributed by atoms with E-state index in [0.29, 0.717) is 44.3 Å². The first-order valence-electron chi connectivity index (χ1n) is 11.4. The number of hydrogen-bond donors (Lipinski definition) is 0. The molecule has 0 aliphatic carbocycles. The minimum atomic E-state index is -0.464. The molecule has 0 N–H and O–H groups in total. The number of ether oxygens (including phenoxy) is 5. The highest BCUT2D eigenvalue weighted by Crippen LogP contribution is 2.36. The maximum atomic E-state index is 12.8. The van der Waals surface area contributed by atoms with Gasteiger partial charge in [0.25, 0.3) is 0 Å². The van der Waals surface area contributed by atoms with E-state index in [4.69, 9.17) is 23.7 Å². The Bertz CT molecular complexity index is 981. The molecule has 186 valence electrons. The summed E-state index contributed by atoms with van der Waals surface area (Å²) < 4.78 is 27.0. The Morgan fingerprint density at radius 1 is 0.829 bits per heavy atom. The van der Waals surface area contributed by atoms with E-state index < -0.39 is 5.97 Å². The van der Waals surface area contributed by atoms with Gasteiger partial charge < -0.3 is 28.6 Å². The number of carbonyl (C=O) groups excluding carboxylic acids is 1. The molecule has 3 rings (SSSR count). The third-order valence-electron chi connectivity index (χ3n) is 4.81. The van der Waals surface area contributed by atoms with Gasteiger partial charge >= 0.3 is 5.97 Å². The molecule has 35 heavy (non-hydrogen) atoms. The lowest BCUT2D eigenvalue weighted by atomic mass is 10.1. The number of esters is 1. The molecular weight excluding hydrogens is 450 g/mol. The Kier molecular flexibility index (Phi) is 10.9. The van der Waals surface area contributed by atoms with Gasteiger partial charge in [0.15, 0.2) is 0 Å². The van der Waals surface area contributed by atoms with Gasteiger partial charge in [0.2, 0.25) is 0 Å². The van der Waals surface area contributed by atoms with Gasteiger partial charge in [0.1, 0.15) is 17.9 Å². The normalized spacial score (nSPS) is 10.7. The Hall–Kier alpha value is -3.53. The van der Waals surface area contributed by atoms with Crippen LogP contribution >= 0.6 is 0 Å². The molecular formula is C26H31N3O6. The second kappa shape index (κ2) is 14.7. The summed E-state index contributed by atoms with van der Waals surface area (Å²) in [5, 5.41) is 0. The van der Waals surface area contributed by atoms with Crippen LogP contribution in [0.5, 0.6) is 5.75 Å².